The number of hydrogen-bond acceptors (Lipinski definition) is 6. The molecule has 0 spiro atoms. The molecule has 1 fully saturated rings. The van der Waals surface area contributed by atoms with Gasteiger partial charge in [-0.1, -0.05) is 0 Å². The third kappa shape index (κ3) is 2.10. The molecule has 2 atom stereocenters. The van der Waals surface area contributed by atoms with Crippen molar-refractivity contribution in [2.45, 2.75) is 11.4 Å². The summed E-state index contributed by atoms with van der Waals surface area (Å²) in [5, 5.41) is 5.00. The number of carbonyl (C=O) groups is 1. The molecule has 140 valence electrons. The molecule has 1 aromatic carbocycles. The summed E-state index contributed by atoms with van der Waals surface area (Å²) in [6.07, 6.45) is 2.59. The smallest absolute Gasteiger partial charge is 0.335 e. The van der Waals surface area contributed by atoms with Crippen LogP contribution < -0.4 is 11.2 Å². The Kier molecular flexibility index (Phi) is 3.49. The van der Waals surface area contributed by atoms with Crippen LogP contribution >= 0.6 is 0 Å². The van der Waals surface area contributed by atoms with Crippen molar-refractivity contribution in [1.82, 2.24) is 14.1 Å². The summed E-state index contributed by atoms with van der Waals surface area (Å²) in [7, 11) is 4.17. The van der Waals surface area contributed by atoms with Crippen LogP contribution in [0.1, 0.15) is 5.56 Å². The second-order valence-corrected chi connectivity index (χ2v) is 6.28. The Morgan fingerprint density at radius 1 is 1.15 bits per heavy atom. The molecule has 0 N–H and O–H groups in total. The molecule has 10 heteroatoms. The van der Waals surface area contributed by atoms with Gasteiger partial charge in [-0.05, 0) is 24.3 Å². The van der Waals surface area contributed by atoms with Crippen LogP contribution in [-0.2, 0) is 26.9 Å². The zero-order valence-electron chi connectivity index (χ0n) is 14.7. The first-order chi connectivity index (χ1) is 12.8. The van der Waals surface area contributed by atoms with E-state index in [1.807, 2.05) is 0 Å². The van der Waals surface area contributed by atoms with Crippen molar-refractivity contribution in [3.05, 3.63) is 62.7 Å². The fraction of sp³-hybridized carbons (Fsp3) is 0.294. The van der Waals surface area contributed by atoms with Gasteiger partial charge in [0.15, 0.2) is 0 Å². The second kappa shape index (κ2) is 5.44. The van der Waals surface area contributed by atoms with Crippen molar-refractivity contribution in [3.63, 3.8) is 0 Å². The average molecular weight is 374 g/mol. The first-order valence-electron chi connectivity index (χ1n) is 7.95. The van der Waals surface area contributed by atoms with Crippen LogP contribution in [0.4, 0.5) is 4.39 Å². The van der Waals surface area contributed by atoms with E-state index >= 15 is 0 Å². The van der Waals surface area contributed by atoms with E-state index in [2.05, 4.69) is 5.10 Å². The van der Waals surface area contributed by atoms with Crippen molar-refractivity contribution in [2.75, 3.05) is 14.2 Å². The maximum absolute atomic E-state index is 13.2. The van der Waals surface area contributed by atoms with Crippen LogP contribution in [-0.4, -0.2) is 46.2 Å². The van der Waals surface area contributed by atoms with Gasteiger partial charge in [-0.25, -0.2) is 18.8 Å². The highest BCUT2D eigenvalue weighted by atomic mass is 19.1. The third-order valence-corrected chi connectivity index (χ3v) is 4.76. The number of nitrogens with zero attached hydrogens (tertiary/aromatic N) is 4. The third-order valence-electron chi connectivity index (χ3n) is 4.76. The van der Waals surface area contributed by atoms with Crippen LogP contribution in [0.2, 0.25) is 0 Å². The number of hydrogen-bond donors (Lipinski definition) is 0. The highest BCUT2D eigenvalue weighted by Gasteiger charge is 2.80. The number of epoxide rings is 1. The number of hydrazone groups is 1. The standard InChI is InChI=1S/C17H15FN4O5/c1-20-8-12(16-9-19-21(2)14(24)17(16,26-3)27-16)13(23)22(15(20)25)11-6-4-10(18)5-7-11/h4-9H,1-3H3. The van der Waals surface area contributed by atoms with Crippen molar-refractivity contribution >= 4 is 12.1 Å². The molecule has 2 aliphatic rings. The van der Waals surface area contributed by atoms with Crippen LogP contribution in [0.3, 0.4) is 0 Å². The largest absolute Gasteiger partial charge is 0.343 e. The number of carbonyl (C=O) groups excluding carboxylic acids is 1. The molecule has 2 aromatic rings. The molecule has 1 saturated heterocycles. The normalized spacial score (nSPS) is 26.2. The van der Waals surface area contributed by atoms with E-state index in [0.29, 0.717) is 0 Å². The molecule has 3 heterocycles. The topological polar surface area (TPSA) is 98.4 Å². The predicted molar refractivity (Wildman–Crippen MR) is 91.0 cm³/mol. The van der Waals surface area contributed by atoms with Gasteiger partial charge < -0.3 is 14.0 Å². The zero-order chi connectivity index (χ0) is 19.6. The molecular weight excluding hydrogens is 359 g/mol. The molecule has 27 heavy (non-hydrogen) atoms. The van der Waals surface area contributed by atoms with Crippen LogP contribution in [0.25, 0.3) is 5.69 Å². The number of benzene rings is 1. The Labute approximate surface area is 151 Å². The van der Waals surface area contributed by atoms with Crippen molar-refractivity contribution in [2.24, 2.45) is 12.1 Å². The molecule has 0 radical (unpaired) electrons. The van der Waals surface area contributed by atoms with E-state index in [0.717, 1.165) is 21.7 Å². The van der Waals surface area contributed by atoms with Gasteiger partial charge in [0.1, 0.15) is 5.82 Å². The van der Waals surface area contributed by atoms with Gasteiger partial charge >= 0.3 is 11.6 Å². The summed E-state index contributed by atoms with van der Waals surface area (Å²) in [5.41, 5.74) is -2.71. The lowest BCUT2D eigenvalue weighted by Gasteiger charge is -2.23. The minimum atomic E-state index is -1.72. The predicted octanol–water partition coefficient (Wildman–Crippen LogP) is -0.299. The Balaban J connectivity index is 1.98. The van der Waals surface area contributed by atoms with Gasteiger partial charge in [0.05, 0.1) is 17.5 Å². The fourth-order valence-corrected chi connectivity index (χ4v) is 3.27. The van der Waals surface area contributed by atoms with Crippen LogP contribution in [0.5, 0.6) is 0 Å². The average Bonchev–Trinajstić information content (AvgIpc) is 3.35. The number of halogens is 1. The summed E-state index contributed by atoms with van der Waals surface area (Å²) in [4.78, 5) is 38.2. The van der Waals surface area contributed by atoms with E-state index < -0.39 is 34.4 Å². The number of ether oxygens (including phenoxy) is 2. The van der Waals surface area contributed by atoms with E-state index in [1.165, 1.54) is 50.3 Å². The molecule has 0 saturated carbocycles. The Morgan fingerprint density at radius 2 is 1.81 bits per heavy atom. The summed E-state index contributed by atoms with van der Waals surface area (Å²) >= 11 is 0. The zero-order valence-corrected chi connectivity index (χ0v) is 14.7. The summed E-state index contributed by atoms with van der Waals surface area (Å²) < 4.78 is 26.2. The van der Waals surface area contributed by atoms with Crippen molar-refractivity contribution in [1.29, 1.82) is 0 Å². The number of methoxy groups -OCH3 is 1. The lowest BCUT2D eigenvalue weighted by molar-refractivity contribution is -0.153. The Morgan fingerprint density at radius 3 is 2.44 bits per heavy atom. The van der Waals surface area contributed by atoms with Gasteiger partial charge in [-0.15, -0.1) is 0 Å². The molecule has 4 rings (SSSR count). The maximum atomic E-state index is 13.2. The summed E-state index contributed by atoms with van der Waals surface area (Å²) in [6, 6.07) is 4.90. The molecule has 1 aromatic heterocycles. The Bertz CT molecular complexity index is 1110. The summed E-state index contributed by atoms with van der Waals surface area (Å²) in [6.45, 7) is 0. The quantitative estimate of drug-likeness (QED) is 0.687. The number of rotatable bonds is 3. The van der Waals surface area contributed by atoms with Crippen molar-refractivity contribution < 1.29 is 18.7 Å². The first kappa shape index (κ1) is 17.3. The molecule has 9 nitrogen and oxygen atoms in total. The molecule has 2 aliphatic heterocycles. The minimum absolute atomic E-state index is 0.000903. The molecule has 2 unspecified atom stereocenters. The van der Waals surface area contributed by atoms with E-state index in [-0.39, 0.29) is 11.3 Å². The van der Waals surface area contributed by atoms with E-state index in [9.17, 15) is 18.8 Å². The molecule has 0 bridgehead atoms. The van der Waals surface area contributed by atoms with E-state index in [1.54, 1.807) is 0 Å². The molecule has 0 aliphatic carbocycles. The highest BCUT2D eigenvalue weighted by Crippen LogP contribution is 2.56. The molecular formula is C17H15FN4O5. The SMILES string of the molecule is COC12OC1(c1cn(C)c(=O)n(-c3ccc(F)cc3)c1=O)C=NN(C)C2=O. The number of amides is 1. The van der Waals surface area contributed by atoms with Crippen LogP contribution in [0.15, 0.2) is 45.2 Å². The lowest BCUT2D eigenvalue weighted by atomic mass is 9.94. The number of aryl methyl sites for hydroxylation is 1. The van der Waals surface area contributed by atoms with E-state index in [4.69, 9.17) is 9.47 Å². The second-order valence-electron chi connectivity index (χ2n) is 6.28. The van der Waals surface area contributed by atoms with Gasteiger partial charge in [-0.2, -0.15) is 5.10 Å². The monoisotopic (exact) mass is 374 g/mol. The summed E-state index contributed by atoms with van der Waals surface area (Å²) in [5.74, 6) is -2.80. The highest BCUT2D eigenvalue weighted by molar-refractivity contribution is 5.99. The van der Waals surface area contributed by atoms with Gasteiger partial charge in [-0.3, -0.25) is 9.59 Å². The number of aromatic nitrogens is 2. The van der Waals surface area contributed by atoms with Gasteiger partial charge in [0, 0.05) is 27.4 Å². The van der Waals surface area contributed by atoms with Gasteiger partial charge in [0.25, 0.3) is 11.3 Å². The minimum Gasteiger partial charge on any atom is -0.343 e. The Hall–Kier alpha value is -3.11. The number of likely N-dealkylation sites (N-methyl/N-ethyl adjacent to an activating group) is 1. The fourth-order valence-electron chi connectivity index (χ4n) is 3.27. The maximum Gasteiger partial charge on any atom is 0.335 e. The lowest BCUT2D eigenvalue weighted by Crippen LogP contribution is -2.50. The number of fused-ring (bicyclic) bond motifs is 1. The van der Waals surface area contributed by atoms with Crippen molar-refractivity contribution in [3.8, 4) is 5.69 Å². The first-order valence-corrected chi connectivity index (χ1v) is 7.95. The van der Waals surface area contributed by atoms with Gasteiger partial charge in [0.2, 0.25) is 5.60 Å². The molecule has 1 amide bonds. The van der Waals surface area contributed by atoms with Crippen LogP contribution in [0, 0.1) is 5.82 Å².